The van der Waals surface area contributed by atoms with Crippen molar-refractivity contribution in [3.8, 4) is 5.75 Å². The van der Waals surface area contributed by atoms with Crippen LogP contribution < -0.4 is 15.4 Å². The first-order valence-electron chi connectivity index (χ1n) is 9.04. The number of hydrogen-bond donors (Lipinski definition) is 2. The summed E-state index contributed by atoms with van der Waals surface area (Å²) in [5.41, 5.74) is 1.39. The summed E-state index contributed by atoms with van der Waals surface area (Å²) in [7, 11) is 3.53. The lowest BCUT2D eigenvalue weighted by atomic mass is 10.1. The number of nitrogens with one attached hydrogen (secondary N) is 2. The van der Waals surface area contributed by atoms with Crippen molar-refractivity contribution in [2.45, 2.75) is 18.9 Å². The number of carbonyl (C=O) groups excluding carboxylic acids is 2. The molecule has 1 saturated heterocycles. The van der Waals surface area contributed by atoms with E-state index in [-0.39, 0.29) is 30.8 Å². The molecule has 0 radical (unpaired) electrons. The molecule has 0 aliphatic carbocycles. The van der Waals surface area contributed by atoms with Crippen LogP contribution in [0.5, 0.6) is 5.75 Å². The van der Waals surface area contributed by atoms with Crippen LogP contribution >= 0.6 is 12.4 Å². The second-order valence-corrected chi connectivity index (χ2v) is 6.56. The molecule has 1 aliphatic rings. The largest absolute Gasteiger partial charge is 0.484 e. The molecule has 1 aliphatic heterocycles. The normalized spacial score (nSPS) is 14.3. The monoisotopic (exact) mass is 407 g/mol. The molecule has 2 amide bonds. The number of carbonyl (C=O) groups is 2. The minimum Gasteiger partial charge on any atom is -0.484 e. The molecule has 28 heavy (non-hydrogen) atoms. The molecule has 2 heterocycles. The summed E-state index contributed by atoms with van der Waals surface area (Å²) >= 11 is 0. The minimum absolute atomic E-state index is 0. The molecular formula is C19H26ClN5O3. The van der Waals surface area contributed by atoms with Gasteiger partial charge in [0, 0.05) is 43.7 Å². The Balaban J connectivity index is 0.00000280. The van der Waals surface area contributed by atoms with E-state index in [9.17, 15) is 9.59 Å². The molecule has 0 bridgehead atoms. The molecule has 2 aromatic rings. The van der Waals surface area contributed by atoms with Crippen LogP contribution in [0.25, 0.3) is 0 Å². The summed E-state index contributed by atoms with van der Waals surface area (Å²) in [5.74, 6) is 0.340. The van der Waals surface area contributed by atoms with Crippen molar-refractivity contribution in [3.05, 3.63) is 42.2 Å². The predicted molar refractivity (Wildman–Crippen MR) is 109 cm³/mol. The SMILES string of the molecule is CNC(C(=O)Nc1cccc(OCC(=O)N2CCCC2)c1)c1cnn(C)c1.Cl. The number of likely N-dealkylation sites (N-methyl/N-ethyl adjacent to an activating group) is 1. The molecule has 1 aromatic carbocycles. The lowest BCUT2D eigenvalue weighted by Crippen LogP contribution is -2.32. The highest BCUT2D eigenvalue weighted by Crippen LogP contribution is 2.20. The zero-order valence-electron chi connectivity index (χ0n) is 16.1. The first-order valence-corrected chi connectivity index (χ1v) is 9.04. The fourth-order valence-corrected chi connectivity index (χ4v) is 3.12. The van der Waals surface area contributed by atoms with E-state index < -0.39 is 6.04 Å². The van der Waals surface area contributed by atoms with Crippen LogP contribution in [-0.4, -0.2) is 53.2 Å². The topological polar surface area (TPSA) is 88.5 Å². The van der Waals surface area contributed by atoms with Crippen molar-refractivity contribution in [1.82, 2.24) is 20.0 Å². The predicted octanol–water partition coefficient (Wildman–Crippen LogP) is 1.74. The molecule has 8 nitrogen and oxygen atoms in total. The molecule has 1 unspecified atom stereocenters. The van der Waals surface area contributed by atoms with Crippen molar-refractivity contribution in [2.24, 2.45) is 7.05 Å². The van der Waals surface area contributed by atoms with E-state index in [1.807, 2.05) is 4.90 Å². The average Bonchev–Trinajstić information content (AvgIpc) is 3.33. The van der Waals surface area contributed by atoms with Gasteiger partial charge in [-0.25, -0.2) is 0 Å². The minimum atomic E-state index is -0.514. The van der Waals surface area contributed by atoms with Gasteiger partial charge in [0.2, 0.25) is 5.91 Å². The zero-order valence-corrected chi connectivity index (χ0v) is 16.9. The van der Waals surface area contributed by atoms with Gasteiger partial charge in [0.25, 0.3) is 5.91 Å². The molecule has 3 rings (SSSR count). The number of benzene rings is 1. The molecule has 0 saturated carbocycles. The first-order chi connectivity index (χ1) is 13.1. The lowest BCUT2D eigenvalue weighted by Gasteiger charge is -2.17. The van der Waals surface area contributed by atoms with Crippen molar-refractivity contribution < 1.29 is 14.3 Å². The summed E-state index contributed by atoms with van der Waals surface area (Å²) in [6, 6.07) is 6.53. The van der Waals surface area contributed by atoms with Crippen LogP contribution in [0.2, 0.25) is 0 Å². The number of amides is 2. The number of aryl methyl sites for hydroxylation is 1. The Morgan fingerprint density at radius 1 is 1.29 bits per heavy atom. The van der Waals surface area contributed by atoms with Gasteiger partial charge in [-0.2, -0.15) is 5.10 Å². The quantitative estimate of drug-likeness (QED) is 0.729. The van der Waals surface area contributed by atoms with Crippen LogP contribution in [0, 0.1) is 0 Å². The number of aromatic nitrogens is 2. The second kappa shape index (κ2) is 10.1. The maximum absolute atomic E-state index is 12.6. The highest BCUT2D eigenvalue weighted by molar-refractivity contribution is 5.95. The number of nitrogens with zero attached hydrogens (tertiary/aromatic N) is 3. The fourth-order valence-electron chi connectivity index (χ4n) is 3.12. The number of ether oxygens (including phenoxy) is 1. The Bertz CT molecular complexity index is 804. The third kappa shape index (κ3) is 5.46. The van der Waals surface area contributed by atoms with E-state index in [1.165, 1.54) is 0 Å². The Labute approximate surface area is 170 Å². The fraction of sp³-hybridized carbons (Fsp3) is 0.421. The maximum Gasteiger partial charge on any atom is 0.260 e. The third-order valence-corrected chi connectivity index (χ3v) is 4.53. The van der Waals surface area contributed by atoms with Crippen LogP contribution in [0.1, 0.15) is 24.4 Å². The highest BCUT2D eigenvalue weighted by atomic mass is 35.5. The Hall–Kier alpha value is -2.58. The molecule has 2 N–H and O–H groups in total. The Kier molecular flexibility index (Phi) is 7.83. The zero-order chi connectivity index (χ0) is 19.2. The van der Waals surface area contributed by atoms with Gasteiger partial charge in [0.1, 0.15) is 11.8 Å². The van der Waals surface area contributed by atoms with Crippen LogP contribution in [0.15, 0.2) is 36.7 Å². The van der Waals surface area contributed by atoms with E-state index in [0.717, 1.165) is 31.5 Å². The van der Waals surface area contributed by atoms with Gasteiger partial charge in [-0.15, -0.1) is 12.4 Å². The molecule has 1 aromatic heterocycles. The summed E-state index contributed by atoms with van der Waals surface area (Å²) in [6.45, 7) is 1.61. The number of rotatable bonds is 7. The first kappa shape index (κ1) is 21.7. The number of hydrogen-bond acceptors (Lipinski definition) is 5. The number of anilines is 1. The molecule has 9 heteroatoms. The highest BCUT2D eigenvalue weighted by Gasteiger charge is 2.21. The van der Waals surface area contributed by atoms with Crippen molar-refractivity contribution in [3.63, 3.8) is 0 Å². The van der Waals surface area contributed by atoms with Gasteiger partial charge in [0.05, 0.1) is 6.20 Å². The molecular weight excluding hydrogens is 382 g/mol. The summed E-state index contributed by atoms with van der Waals surface area (Å²) in [4.78, 5) is 26.5. The lowest BCUT2D eigenvalue weighted by molar-refractivity contribution is -0.132. The number of halogens is 1. The van der Waals surface area contributed by atoms with Crippen molar-refractivity contribution in [1.29, 1.82) is 0 Å². The van der Waals surface area contributed by atoms with E-state index in [1.54, 1.807) is 55.4 Å². The Morgan fingerprint density at radius 2 is 2.04 bits per heavy atom. The molecule has 1 fully saturated rings. The molecule has 1 atom stereocenters. The van der Waals surface area contributed by atoms with Crippen molar-refractivity contribution >= 4 is 29.9 Å². The molecule has 0 spiro atoms. The van der Waals surface area contributed by atoms with E-state index >= 15 is 0 Å². The van der Waals surface area contributed by atoms with Gasteiger partial charge in [-0.05, 0) is 32.0 Å². The van der Waals surface area contributed by atoms with E-state index in [0.29, 0.717) is 11.4 Å². The summed E-state index contributed by atoms with van der Waals surface area (Å²) in [5, 5.41) is 9.96. The van der Waals surface area contributed by atoms with E-state index in [4.69, 9.17) is 4.74 Å². The van der Waals surface area contributed by atoms with Gasteiger partial charge >= 0.3 is 0 Å². The van der Waals surface area contributed by atoms with Crippen molar-refractivity contribution in [2.75, 3.05) is 32.1 Å². The van der Waals surface area contributed by atoms with E-state index in [2.05, 4.69) is 15.7 Å². The van der Waals surface area contributed by atoms with Gasteiger partial charge < -0.3 is 20.3 Å². The summed E-state index contributed by atoms with van der Waals surface area (Å²) < 4.78 is 7.26. The smallest absolute Gasteiger partial charge is 0.260 e. The van der Waals surface area contributed by atoms with Crippen LogP contribution in [0.4, 0.5) is 5.69 Å². The molecule has 152 valence electrons. The van der Waals surface area contributed by atoms with Gasteiger partial charge in [-0.1, -0.05) is 6.07 Å². The summed E-state index contributed by atoms with van der Waals surface area (Å²) in [6.07, 6.45) is 5.56. The average molecular weight is 408 g/mol. The number of likely N-dealkylation sites (tertiary alicyclic amines) is 1. The van der Waals surface area contributed by atoms with Gasteiger partial charge in [-0.3, -0.25) is 14.3 Å². The maximum atomic E-state index is 12.6. The Morgan fingerprint density at radius 3 is 2.68 bits per heavy atom. The van der Waals surface area contributed by atoms with Crippen LogP contribution in [0.3, 0.4) is 0 Å². The second-order valence-electron chi connectivity index (χ2n) is 6.56. The third-order valence-electron chi connectivity index (χ3n) is 4.53. The standard InChI is InChI=1S/C19H25N5O3.ClH/c1-20-18(14-11-21-23(2)12-14)19(26)22-15-6-5-7-16(10-15)27-13-17(25)24-8-3-4-9-24;/h5-7,10-12,18,20H,3-4,8-9,13H2,1-2H3,(H,22,26);1H. The van der Waals surface area contributed by atoms with Crippen LogP contribution in [-0.2, 0) is 16.6 Å². The van der Waals surface area contributed by atoms with Gasteiger partial charge in [0.15, 0.2) is 6.61 Å².